The first kappa shape index (κ1) is 10.6. The van der Waals surface area contributed by atoms with Crippen LogP contribution < -0.4 is 5.32 Å². The Bertz CT molecular complexity index is 315. The molecule has 0 aliphatic rings. The lowest BCUT2D eigenvalue weighted by Gasteiger charge is -2.02. The molecule has 1 amide bonds. The molecule has 1 rings (SSSR count). The van der Waals surface area contributed by atoms with E-state index in [2.05, 4.69) is 15.3 Å². The average Bonchev–Trinajstić information content (AvgIpc) is 2.19. The summed E-state index contributed by atoms with van der Waals surface area (Å²) in [6.45, 7) is 2.79. The van der Waals surface area contributed by atoms with Gasteiger partial charge in [0.1, 0.15) is 0 Å². The van der Waals surface area contributed by atoms with Gasteiger partial charge in [-0.3, -0.25) is 4.79 Å². The number of hydrogen-bond donors (Lipinski definition) is 1. The van der Waals surface area contributed by atoms with Gasteiger partial charge in [0.2, 0.25) is 5.82 Å². The standard InChI is InChI=1S/C9H13N3O2/c1-3-10-9(13)8-11-5-4-7(12-8)6-14-2/h4-5H,3,6H2,1-2H3,(H,10,13). The maximum atomic E-state index is 11.3. The van der Waals surface area contributed by atoms with Crippen molar-refractivity contribution >= 4 is 5.91 Å². The van der Waals surface area contributed by atoms with Gasteiger partial charge in [-0.25, -0.2) is 9.97 Å². The highest BCUT2D eigenvalue weighted by Crippen LogP contribution is 1.97. The monoisotopic (exact) mass is 195 g/mol. The van der Waals surface area contributed by atoms with Crippen molar-refractivity contribution in [3.05, 3.63) is 23.8 Å². The maximum absolute atomic E-state index is 11.3. The first-order valence-electron chi connectivity index (χ1n) is 4.37. The van der Waals surface area contributed by atoms with E-state index >= 15 is 0 Å². The van der Waals surface area contributed by atoms with E-state index in [1.807, 2.05) is 6.92 Å². The Morgan fingerprint density at radius 2 is 2.43 bits per heavy atom. The summed E-state index contributed by atoms with van der Waals surface area (Å²) in [5.74, 6) is -0.0770. The molecule has 1 N–H and O–H groups in total. The normalized spacial score (nSPS) is 9.86. The van der Waals surface area contributed by atoms with Crippen LogP contribution in [-0.4, -0.2) is 29.5 Å². The molecular formula is C9H13N3O2. The predicted octanol–water partition coefficient (Wildman–Crippen LogP) is 0.373. The fraction of sp³-hybridized carbons (Fsp3) is 0.444. The Morgan fingerprint density at radius 3 is 3.07 bits per heavy atom. The van der Waals surface area contributed by atoms with E-state index in [-0.39, 0.29) is 11.7 Å². The van der Waals surface area contributed by atoms with Crippen molar-refractivity contribution < 1.29 is 9.53 Å². The molecular weight excluding hydrogens is 182 g/mol. The number of nitrogens with one attached hydrogen (secondary N) is 1. The summed E-state index contributed by atoms with van der Waals surface area (Å²) in [5.41, 5.74) is 0.698. The van der Waals surface area contributed by atoms with Gasteiger partial charge in [0, 0.05) is 19.9 Å². The van der Waals surface area contributed by atoms with Gasteiger partial charge in [-0.1, -0.05) is 0 Å². The first-order valence-corrected chi connectivity index (χ1v) is 4.37. The Labute approximate surface area is 82.5 Å². The molecule has 0 unspecified atom stereocenters. The van der Waals surface area contributed by atoms with Gasteiger partial charge in [-0.2, -0.15) is 0 Å². The molecule has 76 valence electrons. The zero-order valence-corrected chi connectivity index (χ0v) is 8.28. The van der Waals surface area contributed by atoms with Crippen LogP contribution in [0.25, 0.3) is 0 Å². The van der Waals surface area contributed by atoms with Crippen LogP contribution in [0.4, 0.5) is 0 Å². The SMILES string of the molecule is CCNC(=O)c1nccc(COC)n1. The van der Waals surface area contributed by atoms with E-state index in [1.54, 1.807) is 19.4 Å². The van der Waals surface area contributed by atoms with Crippen LogP contribution in [0, 0.1) is 0 Å². The fourth-order valence-corrected chi connectivity index (χ4v) is 0.973. The first-order chi connectivity index (χ1) is 6.77. The van der Waals surface area contributed by atoms with Crippen molar-refractivity contribution in [1.82, 2.24) is 15.3 Å². The molecule has 0 saturated carbocycles. The summed E-state index contributed by atoms with van der Waals surface area (Å²) in [6.07, 6.45) is 1.55. The Kier molecular flexibility index (Phi) is 4.00. The second kappa shape index (κ2) is 5.29. The molecule has 0 saturated heterocycles. The van der Waals surface area contributed by atoms with E-state index in [4.69, 9.17) is 4.74 Å². The van der Waals surface area contributed by atoms with Crippen molar-refractivity contribution in [2.75, 3.05) is 13.7 Å². The smallest absolute Gasteiger partial charge is 0.289 e. The summed E-state index contributed by atoms with van der Waals surface area (Å²) in [4.78, 5) is 19.2. The number of methoxy groups -OCH3 is 1. The average molecular weight is 195 g/mol. The highest BCUT2D eigenvalue weighted by atomic mass is 16.5. The van der Waals surface area contributed by atoms with E-state index in [0.29, 0.717) is 18.8 Å². The second-order valence-electron chi connectivity index (χ2n) is 2.66. The van der Waals surface area contributed by atoms with Crippen molar-refractivity contribution in [3.63, 3.8) is 0 Å². The van der Waals surface area contributed by atoms with E-state index in [1.165, 1.54) is 0 Å². The number of ether oxygens (including phenoxy) is 1. The van der Waals surface area contributed by atoms with Crippen molar-refractivity contribution in [3.8, 4) is 0 Å². The third-order valence-electron chi connectivity index (χ3n) is 1.55. The van der Waals surface area contributed by atoms with E-state index in [9.17, 15) is 4.79 Å². The van der Waals surface area contributed by atoms with Gasteiger partial charge >= 0.3 is 0 Å². The van der Waals surface area contributed by atoms with Crippen LogP contribution in [0.2, 0.25) is 0 Å². The number of nitrogens with zero attached hydrogens (tertiary/aromatic N) is 2. The highest BCUT2D eigenvalue weighted by molar-refractivity contribution is 5.90. The lowest BCUT2D eigenvalue weighted by Crippen LogP contribution is -2.25. The summed E-state index contributed by atoms with van der Waals surface area (Å²) in [7, 11) is 1.58. The van der Waals surface area contributed by atoms with E-state index in [0.717, 1.165) is 0 Å². The number of rotatable bonds is 4. The van der Waals surface area contributed by atoms with Crippen LogP contribution in [0.5, 0.6) is 0 Å². The Hall–Kier alpha value is -1.49. The molecule has 0 aliphatic carbocycles. The Morgan fingerprint density at radius 1 is 1.64 bits per heavy atom. The minimum Gasteiger partial charge on any atom is -0.378 e. The maximum Gasteiger partial charge on any atom is 0.289 e. The molecule has 0 radical (unpaired) electrons. The summed E-state index contributed by atoms with van der Waals surface area (Å²) in [6, 6.07) is 1.71. The minimum absolute atomic E-state index is 0.182. The topological polar surface area (TPSA) is 64.1 Å². The largest absolute Gasteiger partial charge is 0.378 e. The van der Waals surface area contributed by atoms with Crippen molar-refractivity contribution in [1.29, 1.82) is 0 Å². The highest BCUT2D eigenvalue weighted by Gasteiger charge is 2.07. The van der Waals surface area contributed by atoms with Gasteiger partial charge in [0.15, 0.2) is 0 Å². The number of carbonyl (C=O) groups is 1. The molecule has 0 fully saturated rings. The number of carbonyl (C=O) groups excluding carboxylic acids is 1. The number of amides is 1. The van der Waals surface area contributed by atoms with Crippen LogP contribution in [0.1, 0.15) is 23.2 Å². The fourth-order valence-electron chi connectivity index (χ4n) is 0.973. The summed E-state index contributed by atoms with van der Waals surface area (Å²) < 4.78 is 4.90. The lowest BCUT2D eigenvalue weighted by molar-refractivity contribution is 0.0944. The zero-order valence-electron chi connectivity index (χ0n) is 8.28. The molecule has 0 spiro atoms. The molecule has 5 nitrogen and oxygen atoms in total. The molecule has 0 atom stereocenters. The van der Waals surface area contributed by atoms with Gasteiger partial charge in [0.25, 0.3) is 5.91 Å². The quantitative estimate of drug-likeness (QED) is 0.754. The number of aromatic nitrogens is 2. The van der Waals surface area contributed by atoms with E-state index < -0.39 is 0 Å². The van der Waals surface area contributed by atoms with Gasteiger partial charge < -0.3 is 10.1 Å². The molecule has 0 aliphatic heterocycles. The molecule has 14 heavy (non-hydrogen) atoms. The van der Waals surface area contributed by atoms with Crippen molar-refractivity contribution in [2.24, 2.45) is 0 Å². The molecule has 1 aromatic heterocycles. The van der Waals surface area contributed by atoms with Gasteiger partial charge in [-0.15, -0.1) is 0 Å². The van der Waals surface area contributed by atoms with Crippen LogP contribution in [-0.2, 0) is 11.3 Å². The van der Waals surface area contributed by atoms with Crippen LogP contribution in [0.15, 0.2) is 12.3 Å². The van der Waals surface area contributed by atoms with Gasteiger partial charge in [-0.05, 0) is 13.0 Å². The molecule has 5 heteroatoms. The van der Waals surface area contributed by atoms with Crippen molar-refractivity contribution in [2.45, 2.75) is 13.5 Å². The number of hydrogen-bond acceptors (Lipinski definition) is 4. The Balaban J connectivity index is 2.77. The summed E-state index contributed by atoms with van der Waals surface area (Å²) in [5, 5.41) is 2.63. The van der Waals surface area contributed by atoms with Gasteiger partial charge in [0.05, 0.1) is 12.3 Å². The second-order valence-corrected chi connectivity index (χ2v) is 2.66. The van der Waals surface area contributed by atoms with Crippen LogP contribution in [0.3, 0.4) is 0 Å². The molecule has 1 heterocycles. The molecule has 0 aromatic carbocycles. The lowest BCUT2D eigenvalue weighted by atomic mass is 10.4. The van der Waals surface area contributed by atoms with Crippen LogP contribution >= 0.6 is 0 Å². The third-order valence-corrected chi connectivity index (χ3v) is 1.55. The molecule has 1 aromatic rings. The zero-order chi connectivity index (χ0) is 10.4. The minimum atomic E-state index is -0.259. The predicted molar refractivity (Wildman–Crippen MR) is 50.8 cm³/mol. The molecule has 0 bridgehead atoms. The summed E-state index contributed by atoms with van der Waals surface area (Å²) >= 11 is 0. The third kappa shape index (κ3) is 2.77.